The van der Waals surface area contributed by atoms with Crippen LogP contribution < -0.4 is 5.73 Å². The van der Waals surface area contributed by atoms with Gasteiger partial charge in [0.1, 0.15) is 11.8 Å². The van der Waals surface area contributed by atoms with Crippen molar-refractivity contribution in [3.05, 3.63) is 11.8 Å². The lowest BCUT2D eigenvalue weighted by atomic mass is 10.1. The van der Waals surface area contributed by atoms with Crippen LogP contribution in [0.15, 0.2) is 16.8 Å². The van der Waals surface area contributed by atoms with Crippen molar-refractivity contribution in [2.24, 2.45) is 10.7 Å². The minimum atomic E-state index is -0.0568. The highest BCUT2D eigenvalue weighted by atomic mass is 14.8. The molecule has 1 aliphatic heterocycles. The summed E-state index contributed by atoms with van der Waals surface area (Å²) in [4.78, 5) is 4.09. The monoisotopic (exact) mass is 149 g/mol. The van der Waals surface area contributed by atoms with Gasteiger partial charge in [0.05, 0.1) is 5.70 Å². The van der Waals surface area contributed by atoms with Crippen LogP contribution in [0.25, 0.3) is 0 Å². The molecular weight excluding hydrogens is 138 g/mol. The van der Waals surface area contributed by atoms with Crippen LogP contribution in [-0.2, 0) is 0 Å². The second-order valence-electron chi connectivity index (χ2n) is 2.63. The van der Waals surface area contributed by atoms with Crippen molar-refractivity contribution < 1.29 is 0 Å². The summed E-state index contributed by atoms with van der Waals surface area (Å²) >= 11 is 0. The maximum atomic E-state index is 8.54. The Morgan fingerprint density at radius 2 is 2.55 bits per heavy atom. The van der Waals surface area contributed by atoms with E-state index in [9.17, 15) is 0 Å². The number of nitrogens with two attached hydrogens (primary N) is 1. The third kappa shape index (κ3) is 1.89. The molecule has 0 spiro atoms. The summed E-state index contributed by atoms with van der Waals surface area (Å²) in [6.07, 6.45) is 3.64. The zero-order valence-corrected chi connectivity index (χ0v) is 6.54. The number of rotatable bonds is 1. The lowest BCUT2D eigenvalue weighted by Gasteiger charge is -2.10. The molecule has 0 aromatic rings. The summed E-state index contributed by atoms with van der Waals surface area (Å²) in [5.41, 5.74) is 7.04. The Hall–Kier alpha value is -1.14. The standard InChI is InChI=1S/C8H11N3/c1-6(10)8-4-2-3-7(5-9)11-8/h4,6H,2-3,10H2,1H3. The number of aliphatic imine (C=N–C) groups is 1. The van der Waals surface area contributed by atoms with E-state index in [0.29, 0.717) is 5.71 Å². The van der Waals surface area contributed by atoms with Crippen LogP contribution in [0.3, 0.4) is 0 Å². The normalized spacial score (nSPS) is 19.7. The molecule has 0 fully saturated rings. The Kier molecular flexibility index (Phi) is 2.40. The van der Waals surface area contributed by atoms with Gasteiger partial charge in [-0.05, 0) is 13.3 Å². The van der Waals surface area contributed by atoms with E-state index in [1.807, 2.05) is 19.1 Å². The fourth-order valence-electron chi connectivity index (χ4n) is 0.983. The van der Waals surface area contributed by atoms with Crippen LogP contribution in [-0.4, -0.2) is 11.8 Å². The second kappa shape index (κ2) is 3.31. The van der Waals surface area contributed by atoms with Crippen molar-refractivity contribution in [3.63, 3.8) is 0 Å². The summed E-state index contributed by atoms with van der Waals surface area (Å²) in [5, 5.41) is 8.54. The molecule has 1 rings (SSSR count). The average molecular weight is 149 g/mol. The highest BCUT2D eigenvalue weighted by molar-refractivity contribution is 5.99. The lowest BCUT2D eigenvalue weighted by molar-refractivity contribution is 0.822. The smallest absolute Gasteiger partial charge is 0.118 e. The molecule has 0 radical (unpaired) electrons. The Morgan fingerprint density at radius 1 is 1.82 bits per heavy atom. The molecule has 2 N–H and O–H groups in total. The molecule has 0 amide bonds. The van der Waals surface area contributed by atoms with Gasteiger partial charge in [-0.1, -0.05) is 6.08 Å². The second-order valence-corrected chi connectivity index (χ2v) is 2.63. The summed E-state index contributed by atoms with van der Waals surface area (Å²) in [6.45, 7) is 1.87. The zero-order valence-electron chi connectivity index (χ0n) is 6.54. The predicted molar refractivity (Wildman–Crippen MR) is 44.0 cm³/mol. The first-order chi connectivity index (χ1) is 5.24. The van der Waals surface area contributed by atoms with E-state index in [-0.39, 0.29) is 6.04 Å². The van der Waals surface area contributed by atoms with Gasteiger partial charge in [0.2, 0.25) is 0 Å². The minimum absolute atomic E-state index is 0.0568. The van der Waals surface area contributed by atoms with Gasteiger partial charge in [0.25, 0.3) is 0 Å². The lowest BCUT2D eigenvalue weighted by Crippen LogP contribution is -2.19. The third-order valence-corrected chi connectivity index (χ3v) is 1.59. The number of hydrogen-bond acceptors (Lipinski definition) is 3. The van der Waals surface area contributed by atoms with Crippen molar-refractivity contribution in [2.45, 2.75) is 25.8 Å². The molecular formula is C8H11N3. The first kappa shape index (κ1) is 7.96. The van der Waals surface area contributed by atoms with E-state index >= 15 is 0 Å². The molecule has 0 aromatic carbocycles. The van der Waals surface area contributed by atoms with Crippen molar-refractivity contribution in [1.82, 2.24) is 0 Å². The Balaban J connectivity index is 2.78. The largest absolute Gasteiger partial charge is 0.323 e. The van der Waals surface area contributed by atoms with E-state index in [2.05, 4.69) is 4.99 Å². The molecule has 3 heteroatoms. The number of nitriles is 1. The zero-order chi connectivity index (χ0) is 8.27. The van der Waals surface area contributed by atoms with E-state index in [1.165, 1.54) is 0 Å². The molecule has 1 unspecified atom stereocenters. The molecule has 0 saturated heterocycles. The van der Waals surface area contributed by atoms with Gasteiger partial charge in [-0.2, -0.15) is 5.26 Å². The quantitative estimate of drug-likeness (QED) is 0.604. The maximum absolute atomic E-state index is 8.54. The Bertz CT molecular complexity index is 243. The molecule has 11 heavy (non-hydrogen) atoms. The van der Waals surface area contributed by atoms with E-state index in [1.54, 1.807) is 0 Å². The summed E-state index contributed by atoms with van der Waals surface area (Å²) in [7, 11) is 0. The summed E-state index contributed by atoms with van der Waals surface area (Å²) in [5.74, 6) is 0. The van der Waals surface area contributed by atoms with Gasteiger partial charge in [-0.25, -0.2) is 4.99 Å². The van der Waals surface area contributed by atoms with Gasteiger partial charge < -0.3 is 5.73 Å². The van der Waals surface area contributed by atoms with E-state index < -0.39 is 0 Å². The fraction of sp³-hybridized carbons (Fsp3) is 0.500. The maximum Gasteiger partial charge on any atom is 0.118 e. The average Bonchev–Trinajstić information content (AvgIpc) is 2.05. The first-order valence-electron chi connectivity index (χ1n) is 3.67. The Labute approximate surface area is 66.2 Å². The van der Waals surface area contributed by atoms with Gasteiger partial charge in [0, 0.05) is 12.5 Å². The molecule has 0 saturated carbocycles. The van der Waals surface area contributed by atoms with Crippen molar-refractivity contribution in [2.75, 3.05) is 0 Å². The molecule has 0 aromatic heterocycles. The molecule has 0 aliphatic carbocycles. The molecule has 58 valence electrons. The van der Waals surface area contributed by atoms with Crippen molar-refractivity contribution in [3.8, 4) is 6.07 Å². The number of allylic oxidation sites excluding steroid dienone is 1. The first-order valence-corrected chi connectivity index (χ1v) is 3.67. The molecule has 0 bridgehead atoms. The van der Waals surface area contributed by atoms with Crippen molar-refractivity contribution in [1.29, 1.82) is 5.26 Å². The van der Waals surface area contributed by atoms with Gasteiger partial charge in [0.15, 0.2) is 0 Å². The molecule has 3 nitrogen and oxygen atoms in total. The number of hydrogen-bond donors (Lipinski definition) is 1. The van der Waals surface area contributed by atoms with Crippen LogP contribution in [0.4, 0.5) is 0 Å². The Morgan fingerprint density at radius 3 is 3.09 bits per heavy atom. The van der Waals surface area contributed by atoms with E-state index in [4.69, 9.17) is 11.0 Å². The van der Waals surface area contributed by atoms with Crippen LogP contribution in [0.2, 0.25) is 0 Å². The van der Waals surface area contributed by atoms with Crippen LogP contribution in [0.5, 0.6) is 0 Å². The highest BCUT2D eigenvalue weighted by Gasteiger charge is 2.08. The van der Waals surface area contributed by atoms with Gasteiger partial charge >= 0.3 is 0 Å². The van der Waals surface area contributed by atoms with Gasteiger partial charge in [-0.3, -0.25) is 0 Å². The molecule has 1 atom stereocenters. The summed E-state index contributed by atoms with van der Waals surface area (Å²) < 4.78 is 0. The number of nitrogens with zero attached hydrogens (tertiary/aromatic N) is 2. The minimum Gasteiger partial charge on any atom is -0.323 e. The van der Waals surface area contributed by atoms with Crippen LogP contribution in [0, 0.1) is 11.3 Å². The van der Waals surface area contributed by atoms with Gasteiger partial charge in [-0.15, -0.1) is 0 Å². The van der Waals surface area contributed by atoms with Crippen molar-refractivity contribution >= 4 is 5.71 Å². The third-order valence-electron chi connectivity index (χ3n) is 1.59. The molecule has 1 heterocycles. The predicted octanol–water partition coefficient (Wildman–Crippen LogP) is 0.976. The fourth-order valence-corrected chi connectivity index (χ4v) is 0.983. The van der Waals surface area contributed by atoms with Crippen LogP contribution in [0.1, 0.15) is 19.8 Å². The highest BCUT2D eigenvalue weighted by Crippen LogP contribution is 2.12. The molecule has 1 aliphatic rings. The summed E-state index contributed by atoms with van der Waals surface area (Å²) in [6, 6.07) is 1.99. The topological polar surface area (TPSA) is 62.2 Å². The SMILES string of the molecule is CC(N)C1=CCCC(C#N)=N1. The van der Waals surface area contributed by atoms with E-state index in [0.717, 1.165) is 18.5 Å². The van der Waals surface area contributed by atoms with Crippen LogP contribution >= 0.6 is 0 Å².